The molecule has 0 atom stereocenters. The molecule has 31 heavy (non-hydrogen) atoms. The predicted molar refractivity (Wildman–Crippen MR) is 116 cm³/mol. The van der Waals surface area contributed by atoms with E-state index < -0.39 is 10.9 Å². The molecular weight excluding hydrogens is 398 g/mol. The molecule has 0 fully saturated rings. The van der Waals surface area contributed by atoms with Crippen molar-refractivity contribution in [2.75, 3.05) is 0 Å². The minimum Gasteiger partial charge on any atom is -0.463 e. The van der Waals surface area contributed by atoms with Crippen molar-refractivity contribution in [2.45, 2.75) is 0 Å². The average molecular weight is 413 g/mol. The molecule has 0 aliphatic carbocycles. The fourth-order valence-electron chi connectivity index (χ4n) is 3.05. The molecule has 4 rings (SSSR count). The maximum atomic E-state index is 12.8. The summed E-state index contributed by atoms with van der Waals surface area (Å²) in [6.45, 7) is 0. The lowest BCUT2D eigenvalue weighted by Gasteiger charge is -2.05. The molecule has 1 aromatic heterocycles. The van der Waals surface area contributed by atoms with Gasteiger partial charge in [-0.15, -0.1) is 0 Å². The Bertz CT molecular complexity index is 1370. The topological polar surface area (TPSA) is 99.6 Å². The molecule has 0 radical (unpaired) electrons. The summed E-state index contributed by atoms with van der Waals surface area (Å²) < 4.78 is 10.8. The van der Waals surface area contributed by atoms with Gasteiger partial charge in [-0.3, -0.25) is 14.9 Å². The van der Waals surface area contributed by atoms with Crippen LogP contribution in [0.4, 0.5) is 5.69 Å². The van der Waals surface area contributed by atoms with Crippen LogP contribution in [-0.4, -0.2) is 10.9 Å². The third kappa shape index (κ3) is 4.40. The van der Waals surface area contributed by atoms with Gasteiger partial charge in [-0.05, 0) is 29.3 Å². The Morgan fingerprint density at radius 1 is 1.00 bits per heavy atom. The zero-order valence-electron chi connectivity index (χ0n) is 16.1. The van der Waals surface area contributed by atoms with E-state index in [0.29, 0.717) is 16.5 Å². The number of benzene rings is 3. The van der Waals surface area contributed by atoms with Crippen LogP contribution in [0.25, 0.3) is 28.2 Å². The quantitative estimate of drug-likeness (QED) is 0.150. The Kier molecular flexibility index (Phi) is 5.40. The molecule has 0 unspecified atom stereocenters. The molecule has 1 heterocycles. The summed E-state index contributed by atoms with van der Waals surface area (Å²) in [6.07, 6.45) is 3.97. The highest BCUT2D eigenvalue weighted by Gasteiger charge is 2.11. The van der Waals surface area contributed by atoms with Gasteiger partial charge in [-0.25, -0.2) is 4.79 Å². The first-order valence-electron chi connectivity index (χ1n) is 9.26. The van der Waals surface area contributed by atoms with Crippen LogP contribution in [-0.2, 0) is 4.79 Å². The molecule has 7 nitrogen and oxygen atoms in total. The summed E-state index contributed by atoms with van der Waals surface area (Å²) in [4.78, 5) is 35.2. The van der Waals surface area contributed by atoms with Crippen molar-refractivity contribution in [1.29, 1.82) is 0 Å². The Hall–Kier alpha value is -4.52. The normalized spacial score (nSPS) is 11.0. The van der Waals surface area contributed by atoms with E-state index in [9.17, 15) is 19.7 Å². The highest BCUT2D eigenvalue weighted by Crippen LogP contribution is 2.23. The number of nitro benzene ring substituents is 1. The SMILES string of the molecule is O=C(/C=C/c1cccc([N+](=O)[O-])c1)Oc1ccc2c(=O)c(-c3ccccc3)coc2c1. The summed E-state index contributed by atoms with van der Waals surface area (Å²) in [6, 6.07) is 19.6. The van der Waals surface area contributed by atoms with E-state index in [1.54, 1.807) is 12.1 Å². The minimum atomic E-state index is -0.672. The second-order valence-electron chi connectivity index (χ2n) is 6.61. The fraction of sp³-hybridized carbons (Fsp3) is 0. The van der Waals surface area contributed by atoms with E-state index in [1.165, 1.54) is 42.7 Å². The molecule has 152 valence electrons. The number of carbonyl (C=O) groups is 1. The van der Waals surface area contributed by atoms with E-state index in [4.69, 9.17) is 9.15 Å². The van der Waals surface area contributed by atoms with Crippen LogP contribution in [0.1, 0.15) is 5.56 Å². The number of rotatable bonds is 5. The van der Waals surface area contributed by atoms with Crippen LogP contribution in [0, 0.1) is 10.1 Å². The van der Waals surface area contributed by atoms with Crippen molar-refractivity contribution in [1.82, 2.24) is 0 Å². The largest absolute Gasteiger partial charge is 0.463 e. The first-order valence-corrected chi connectivity index (χ1v) is 9.26. The maximum absolute atomic E-state index is 12.8. The summed E-state index contributed by atoms with van der Waals surface area (Å²) in [5.74, 6) is -0.467. The first kappa shape index (κ1) is 19.8. The standard InChI is InChI=1S/C24H15NO6/c26-23(12-9-16-5-4-8-18(13-16)25(28)29)31-19-10-11-20-22(14-19)30-15-21(24(20)27)17-6-2-1-3-7-17/h1-15H/b12-9+. The third-order valence-corrected chi connectivity index (χ3v) is 4.54. The fourth-order valence-corrected chi connectivity index (χ4v) is 3.05. The molecule has 0 bridgehead atoms. The Labute approximate surface area is 176 Å². The van der Waals surface area contributed by atoms with Gasteiger partial charge in [-0.2, -0.15) is 0 Å². The van der Waals surface area contributed by atoms with Crippen molar-refractivity contribution in [2.24, 2.45) is 0 Å². The molecule has 0 saturated carbocycles. The van der Waals surface area contributed by atoms with Crippen molar-refractivity contribution >= 4 is 28.7 Å². The van der Waals surface area contributed by atoms with Gasteiger partial charge in [0.1, 0.15) is 17.6 Å². The molecule has 0 amide bonds. The third-order valence-electron chi connectivity index (χ3n) is 4.54. The van der Waals surface area contributed by atoms with Gasteiger partial charge in [0.05, 0.1) is 15.9 Å². The van der Waals surface area contributed by atoms with E-state index in [0.717, 1.165) is 11.6 Å². The van der Waals surface area contributed by atoms with E-state index >= 15 is 0 Å². The zero-order valence-corrected chi connectivity index (χ0v) is 16.1. The zero-order chi connectivity index (χ0) is 21.8. The van der Waals surface area contributed by atoms with Crippen LogP contribution < -0.4 is 10.2 Å². The molecule has 7 heteroatoms. The number of ether oxygens (including phenoxy) is 1. The van der Waals surface area contributed by atoms with E-state index in [2.05, 4.69) is 0 Å². The van der Waals surface area contributed by atoms with Crippen LogP contribution in [0.5, 0.6) is 5.75 Å². The molecule has 0 N–H and O–H groups in total. The van der Waals surface area contributed by atoms with Crippen molar-refractivity contribution < 1.29 is 18.9 Å². The number of fused-ring (bicyclic) bond motifs is 1. The molecule has 4 aromatic rings. The summed E-state index contributed by atoms with van der Waals surface area (Å²) in [5.41, 5.74) is 1.71. The van der Waals surface area contributed by atoms with Gasteiger partial charge in [0, 0.05) is 24.3 Å². The second kappa shape index (κ2) is 8.46. The smallest absolute Gasteiger partial charge is 0.336 e. The highest BCUT2D eigenvalue weighted by atomic mass is 16.6. The van der Waals surface area contributed by atoms with Gasteiger partial charge in [-0.1, -0.05) is 42.5 Å². The average Bonchev–Trinajstić information content (AvgIpc) is 2.79. The van der Waals surface area contributed by atoms with Crippen molar-refractivity contribution in [3.05, 3.63) is 111 Å². The lowest BCUT2D eigenvalue weighted by molar-refractivity contribution is -0.384. The monoisotopic (exact) mass is 413 g/mol. The molecular formula is C24H15NO6. The van der Waals surface area contributed by atoms with Gasteiger partial charge in [0.25, 0.3) is 5.69 Å². The van der Waals surface area contributed by atoms with E-state index in [-0.39, 0.29) is 22.4 Å². The summed E-state index contributed by atoms with van der Waals surface area (Å²) in [7, 11) is 0. The number of hydrogen-bond acceptors (Lipinski definition) is 6. The molecule has 0 aliphatic heterocycles. The van der Waals surface area contributed by atoms with E-state index in [1.807, 2.05) is 30.3 Å². The van der Waals surface area contributed by atoms with Gasteiger partial charge in [0.15, 0.2) is 5.43 Å². The van der Waals surface area contributed by atoms with Crippen LogP contribution in [0.15, 0.2) is 94.3 Å². The predicted octanol–water partition coefficient (Wildman–Crippen LogP) is 4.99. The molecule has 0 spiro atoms. The first-order chi connectivity index (χ1) is 15.0. The lowest BCUT2D eigenvalue weighted by atomic mass is 10.1. The number of hydrogen-bond donors (Lipinski definition) is 0. The summed E-state index contributed by atoms with van der Waals surface area (Å²) >= 11 is 0. The van der Waals surface area contributed by atoms with Crippen LogP contribution in [0.2, 0.25) is 0 Å². The maximum Gasteiger partial charge on any atom is 0.336 e. The number of nitrogens with zero attached hydrogens (tertiary/aromatic N) is 1. The number of nitro groups is 1. The molecule has 0 aliphatic rings. The van der Waals surface area contributed by atoms with Crippen LogP contribution >= 0.6 is 0 Å². The van der Waals surface area contributed by atoms with Crippen molar-refractivity contribution in [3.63, 3.8) is 0 Å². The van der Waals surface area contributed by atoms with Crippen molar-refractivity contribution in [3.8, 4) is 16.9 Å². The van der Waals surface area contributed by atoms with Crippen LogP contribution in [0.3, 0.4) is 0 Å². The Morgan fingerprint density at radius 2 is 1.81 bits per heavy atom. The van der Waals surface area contributed by atoms with Gasteiger partial charge < -0.3 is 9.15 Å². The van der Waals surface area contributed by atoms with Gasteiger partial charge >= 0.3 is 5.97 Å². The number of non-ortho nitro benzene ring substituents is 1. The highest BCUT2D eigenvalue weighted by molar-refractivity contribution is 5.90. The number of carbonyl (C=O) groups excluding carboxylic acids is 1. The number of esters is 1. The summed E-state index contributed by atoms with van der Waals surface area (Å²) in [5, 5.41) is 11.2. The lowest BCUT2D eigenvalue weighted by Crippen LogP contribution is -2.06. The van der Waals surface area contributed by atoms with Gasteiger partial charge in [0.2, 0.25) is 0 Å². The Morgan fingerprint density at radius 3 is 2.58 bits per heavy atom. The Balaban J connectivity index is 1.54. The molecule has 3 aromatic carbocycles. The minimum absolute atomic E-state index is 0.0741. The second-order valence-corrected chi connectivity index (χ2v) is 6.61. The molecule has 0 saturated heterocycles.